The van der Waals surface area contributed by atoms with E-state index >= 15 is 0 Å². The molecule has 0 unspecified atom stereocenters. The van der Waals surface area contributed by atoms with Gasteiger partial charge in [0.15, 0.2) is 9.84 Å². The van der Waals surface area contributed by atoms with E-state index in [1.54, 1.807) is 24.3 Å². The summed E-state index contributed by atoms with van der Waals surface area (Å²) in [6.07, 6.45) is 6.60. The van der Waals surface area contributed by atoms with Crippen LogP contribution in [0.1, 0.15) is 19.3 Å². The van der Waals surface area contributed by atoms with Crippen molar-refractivity contribution in [2.75, 3.05) is 38.5 Å². The molecule has 25 heavy (non-hydrogen) atoms. The van der Waals surface area contributed by atoms with Crippen LogP contribution >= 0.6 is 15.9 Å². The van der Waals surface area contributed by atoms with E-state index in [2.05, 4.69) is 26.8 Å². The summed E-state index contributed by atoms with van der Waals surface area (Å²) in [7, 11) is -3.34. The van der Waals surface area contributed by atoms with Crippen LogP contribution in [0.5, 0.6) is 0 Å². The zero-order valence-corrected chi connectivity index (χ0v) is 16.6. The standard InChI is InChI=1S/C18H23BrN2O3S/c1-2-3-10-20-11-13-21(14-12-20)18(22)5-4-15-25(23,24)17-8-6-16(19)7-9-17/h1,6-9H,3-5,10-15H2. The van der Waals surface area contributed by atoms with Crippen molar-refractivity contribution < 1.29 is 13.2 Å². The molecule has 0 aromatic heterocycles. The molecule has 0 N–H and O–H groups in total. The molecular formula is C18H23BrN2O3S. The molecule has 1 aromatic rings. The van der Waals surface area contributed by atoms with Crippen LogP contribution in [-0.4, -0.2) is 62.6 Å². The summed E-state index contributed by atoms with van der Waals surface area (Å²) in [4.78, 5) is 16.6. The fourth-order valence-electron chi connectivity index (χ4n) is 2.77. The van der Waals surface area contributed by atoms with Gasteiger partial charge in [0.1, 0.15) is 0 Å². The number of terminal acetylenes is 1. The van der Waals surface area contributed by atoms with Gasteiger partial charge in [-0.2, -0.15) is 0 Å². The average molecular weight is 427 g/mol. The first kappa shape index (κ1) is 20.0. The highest BCUT2D eigenvalue weighted by atomic mass is 79.9. The van der Waals surface area contributed by atoms with Gasteiger partial charge in [-0.15, -0.1) is 12.3 Å². The lowest BCUT2D eigenvalue weighted by Gasteiger charge is -2.34. The van der Waals surface area contributed by atoms with Gasteiger partial charge in [-0.25, -0.2) is 8.42 Å². The lowest BCUT2D eigenvalue weighted by atomic mass is 10.2. The van der Waals surface area contributed by atoms with Crippen LogP contribution in [0.15, 0.2) is 33.6 Å². The van der Waals surface area contributed by atoms with Gasteiger partial charge in [-0.3, -0.25) is 9.69 Å². The van der Waals surface area contributed by atoms with Crippen LogP contribution in [0.25, 0.3) is 0 Å². The fourth-order valence-corrected chi connectivity index (χ4v) is 4.35. The van der Waals surface area contributed by atoms with Crippen molar-refractivity contribution in [3.05, 3.63) is 28.7 Å². The molecule has 1 aliphatic rings. The molecular weight excluding hydrogens is 404 g/mol. The van der Waals surface area contributed by atoms with Gasteiger partial charge in [0, 0.05) is 50.0 Å². The molecule has 0 saturated carbocycles. The van der Waals surface area contributed by atoms with Crippen molar-refractivity contribution in [2.45, 2.75) is 24.2 Å². The molecule has 0 spiro atoms. The van der Waals surface area contributed by atoms with Crippen molar-refractivity contribution in [1.29, 1.82) is 0 Å². The van der Waals surface area contributed by atoms with Crippen LogP contribution in [0.3, 0.4) is 0 Å². The molecule has 1 saturated heterocycles. The Morgan fingerprint density at radius 2 is 1.80 bits per heavy atom. The Labute approximate surface area is 158 Å². The van der Waals surface area contributed by atoms with E-state index in [0.29, 0.717) is 24.4 Å². The Bertz CT molecular complexity index is 718. The zero-order valence-electron chi connectivity index (χ0n) is 14.2. The molecule has 1 amide bonds. The van der Waals surface area contributed by atoms with Crippen molar-refractivity contribution >= 4 is 31.7 Å². The second kappa shape index (κ2) is 9.37. The summed E-state index contributed by atoms with van der Waals surface area (Å²) in [6, 6.07) is 6.57. The molecule has 0 aliphatic carbocycles. The molecule has 0 bridgehead atoms. The molecule has 0 atom stereocenters. The number of nitrogens with zero attached hydrogens (tertiary/aromatic N) is 2. The smallest absolute Gasteiger partial charge is 0.222 e. The minimum atomic E-state index is -3.34. The molecule has 0 radical (unpaired) electrons. The molecule has 136 valence electrons. The number of amides is 1. The molecule has 1 aromatic carbocycles. The Morgan fingerprint density at radius 1 is 1.16 bits per heavy atom. The van der Waals surface area contributed by atoms with Crippen molar-refractivity contribution in [3.8, 4) is 12.3 Å². The lowest BCUT2D eigenvalue weighted by Crippen LogP contribution is -2.48. The van der Waals surface area contributed by atoms with E-state index in [0.717, 1.165) is 30.5 Å². The monoisotopic (exact) mass is 426 g/mol. The van der Waals surface area contributed by atoms with E-state index < -0.39 is 9.84 Å². The Morgan fingerprint density at radius 3 is 2.40 bits per heavy atom. The number of halogens is 1. The third kappa shape index (κ3) is 6.14. The molecule has 1 aliphatic heterocycles. The highest BCUT2D eigenvalue weighted by Crippen LogP contribution is 2.17. The maximum atomic E-state index is 12.3. The first-order chi connectivity index (χ1) is 11.9. The largest absolute Gasteiger partial charge is 0.340 e. The van der Waals surface area contributed by atoms with Crippen LogP contribution in [0.4, 0.5) is 0 Å². The average Bonchev–Trinajstić information content (AvgIpc) is 2.60. The maximum Gasteiger partial charge on any atom is 0.222 e. The minimum Gasteiger partial charge on any atom is -0.340 e. The second-order valence-corrected chi connectivity index (χ2v) is 9.08. The fraction of sp³-hybridized carbons (Fsp3) is 0.500. The number of hydrogen-bond acceptors (Lipinski definition) is 4. The van der Waals surface area contributed by atoms with Gasteiger partial charge in [0.05, 0.1) is 10.6 Å². The Kier molecular flexibility index (Phi) is 7.48. The Balaban J connectivity index is 1.75. The van der Waals surface area contributed by atoms with Gasteiger partial charge in [0.2, 0.25) is 5.91 Å². The van der Waals surface area contributed by atoms with Crippen LogP contribution in [0, 0.1) is 12.3 Å². The SMILES string of the molecule is C#CCCN1CCN(C(=O)CCCS(=O)(=O)c2ccc(Br)cc2)CC1. The van der Waals surface area contributed by atoms with Gasteiger partial charge in [-0.05, 0) is 30.7 Å². The van der Waals surface area contributed by atoms with E-state index in [4.69, 9.17) is 6.42 Å². The number of rotatable bonds is 7. The summed E-state index contributed by atoms with van der Waals surface area (Å²) in [6.45, 7) is 3.88. The van der Waals surface area contributed by atoms with Gasteiger partial charge in [0.25, 0.3) is 0 Å². The van der Waals surface area contributed by atoms with E-state index in [1.165, 1.54) is 0 Å². The summed E-state index contributed by atoms with van der Waals surface area (Å²) < 4.78 is 25.4. The third-order valence-electron chi connectivity index (χ3n) is 4.27. The minimum absolute atomic E-state index is 0.0114. The Hall–Kier alpha value is -1.36. The number of hydrogen-bond donors (Lipinski definition) is 0. The quantitative estimate of drug-likeness (QED) is 0.626. The second-order valence-electron chi connectivity index (χ2n) is 6.05. The van der Waals surface area contributed by atoms with E-state index in [1.807, 2.05) is 4.90 Å². The van der Waals surface area contributed by atoms with Crippen molar-refractivity contribution in [1.82, 2.24) is 9.80 Å². The van der Waals surface area contributed by atoms with Crippen LogP contribution in [-0.2, 0) is 14.6 Å². The van der Waals surface area contributed by atoms with Crippen LogP contribution < -0.4 is 0 Å². The van der Waals surface area contributed by atoms with Crippen molar-refractivity contribution in [3.63, 3.8) is 0 Å². The zero-order chi connectivity index (χ0) is 18.3. The van der Waals surface area contributed by atoms with E-state index in [-0.39, 0.29) is 18.1 Å². The topological polar surface area (TPSA) is 57.7 Å². The predicted molar refractivity (Wildman–Crippen MR) is 102 cm³/mol. The molecule has 1 fully saturated rings. The highest BCUT2D eigenvalue weighted by Gasteiger charge is 2.21. The normalized spacial score (nSPS) is 15.8. The maximum absolute atomic E-state index is 12.3. The van der Waals surface area contributed by atoms with E-state index in [9.17, 15) is 13.2 Å². The highest BCUT2D eigenvalue weighted by molar-refractivity contribution is 9.10. The third-order valence-corrected chi connectivity index (χ3v) is 6.62. The summed E-state index contributed by atoms with van der Waals surface area (Å²) >= 11 is 3.29. The molecule has 5 nitrogen and oxygen atoms in total. The lowest BCUT2D eigenvalue weighted by molar-refractivity contribution is -0.132. The molecule has 2 rings (SSSR count). The predicted octanol–water partition coefficient (Wildman–Crippen LogP) is 2.17. The van der Waals surface area contributed by atoms with Gasteiger partial charge in [-0.1, -0.05) is 15.9 Å². The van der Waals surface area contributed by atoms with Gasteiger partial charge < -0.3 is 4.90 Å². The van der Waals surface area contributed by atoms with Crippen LogP contribution in [0.2, 0.25) is 0 Å². The first-order valence-corrected chi connectivity index (χ1v) is 10.8. The summed E-state index contributed by atoms with van der Waals surface area (Å²) in [5, 5.41) is 0. The number of sulfone groups is 1. The first-order valence-electron chi connectivity index (χ1n) is 8.34. The van der Waals surface area contributed by atoms with Crippen molar-refractivity contribution in [2.24, 2.45) is 0 Å². The number of carbonyl (C=O) groups is 1. The number of benzene rings is 1. The molecule has 1 heterocycles. The molecule has 7 heteroatoms. The number of carbonyl (C=O) groups excluding carboxylic acids is 1. The van der Waals surface area contributed by atoms with Gasteiger partial charge >= 0.3 is 0 Å². The summed E-state index contributed by atoms with van der Waals surface area (Å²) in [5.41, 5.74) is 0. The summed E-state index contributed by atoms with van der Waals surface area (Å²) in [5.74, 6) is 2.64. The number of piperazine rings is 1.